The number of esters is 2. The molecule has 530 valence electrons. The predicted octanol–water partition coefficient (Wildman–Crippen LogP) is 8.82. The zero-order valence-corrected chi connectivity index (χ0v) is 57.9. The lowest BCUT2D eigenvalue weighted by Crippen LogP contribution is -2.56. The lowest BCUT2D eigenvalue weighted by molar-refractivity contribution is -0.163. The van der Waals surface area contributed by atoms with Crippen LogP contribution in [0.5, 0.6) is 0 Å². The lowest BCUT2D eigenvalue weighted by atomic mass is 9.98. The van der Waals surface area contributed by atoms with Gasteiger partial charge < -0.3 is 40.1 Å². The Morgan fingerprint density at radius 3 is 1.99 bits per heavy atom. The van der Waals surface area contributed by atoms with Crippen LogP contribution in [0.4, 0.5) is 14.5 Å². The second-order valence-electron chi connectivity index (χ2n) is 27.0. The molecule has 1 saturated heterocycles. The molecule has 4 aromatic carbocycles. The highest BCUT2D eigenvalue weighted by atomic mass is 31.2. The number of amides is 6. The topological polar surface area (TPSA) is 311 Å². The van der Waals surface area contributed by atoms with Gasteiger partial charge in [0.2, 0.25) is 49.0 Å². The third-order valence-electron chi connectivity index (χ3n) is 17.4. The number of nitrogens with zero attached hydrogens (tertiary/aromatic N) is 3. The molecular formula is C71H90F2N7O17P. The number of primary amides is 1. The van der Waals surface area contributed by atoms with Gasteiger partial charge >= 0.3 is 30.9 Å². The highest BCUT2D eigenvalue weighted by Gasteiger charge is 2.56. The summed E-state index contributed by atoms with van der Waals surface area (Å²) < 4.78 is 87.4. The zero-order chi connectivity index (χ0) is 71.3. The first kappa shape index (κ1) is 75.5. The number of carbonyl (C=O) groups is 8. The monoisotopic (exact) mass is 1380 g/mol. The van der Waals surface area contributed by atoms with Crippen LogP contribution in [0.1, 0.15) is 152 Å². The number of alkyl halides is 2. The van der Waals surface area contributed by atoms with Gasteiger partial charge in [-0.2, -0.15) is 8.78 Å². The number of imidazole rings is 1. The van der Waals surface area contributed by atoms with E-state index in [0.717, 1.165) is 71.1 Å². The van der Waals surface area contributed by atoms with E-state index in [1.807, 2.05) is 60.7 Å². The van der Waals surface area contributed by atoms with Crippen molar-refractivity contribution in [3.05, 3.63) is 140 Å². The molecule has 3 aliphatic rings. The molecule has 24 nitrogen and oxygen atoms in total. The third-order valence-corrected chi connectivity index (χ3v) is 19.2. The van der Waals surface area contributed by atoms with E-state index >= 15 is 8.78 Å². The molecule has 27 heteroatoms. The number of para-hydroxylation sites is 2. The van der Waals surface area contributed by atoms with Gasteiger partial charge in [0.1, 0.15) is 18.1 Å². The molecule has 0 spiro atoms. The summed E-state index contributed by atoms with van der Waals surface area (Å²) in [6, 6.07) is 20.0. The van der Waals surface area contributed by atoms with E-state index in [0.29, 0.717) is 61.6 Å². The first-order chi connectivity index (χ1) is 46.4. The molecular weight excluding hydrogens is 1290 g/mol. The number of benzene rings is 4. The van der Waals surface area contributed by atoms with Gasteiger partial charge in [-0.05, 0) is 158 Å². The minimum absolute atomic E-state index is 0.0548. The van der Waals surface area contributed by atoms with Crippen LogP contribution in [-0.2, 0) is 121 Å². The quantitative estimate of drug-likeness (QED) is 0.00761. The number of anilines is 1. The molecule has 5 atom stereocenters. The van der Waals surface area contributed by atoms with Crippen molar-refractivity contribution in [3.63, 3.8) is 0 Å². The molecule has 5 aromatic rings. The molecule has 1 aromatic heterocycles. The minimum Gasteiger partial charge on any atom is -0.438 e. The fourth-order valence-corrected chi connectivity index (χ4v) is 13.0. The van der Waals surface area contributed by atoms with Crippen molar-refractivity contribution >= 4 is 77.3 Å². The number of allylic oxidation sites excluding steroid dienone is 1. The van der Waals surface area contributed by atoms with Gasteiger partial charge in [0.05, 0.1) is 46.3 Å². The standard InChI is InChI=1S/C71H90F2N7O17P/c1-44(48-25-28-52(29-26-48)71(72,73)98(90,96-42-94-66(87)69(3,4)5)97-43-95-67(88)70(6,7)8)39-60(83)75-54-30-27-50-16-10-18-51-40-57(80(61(50)51)65(54)86)64(85)76-53(31-33-58(74)81)45(2)93-41-47-23-21-46(22-24-47)15-12-35-91-37-14-38-92-36-13-19-49-17-11-20-55-62(49)78(9)68(89)79(55)56-32-34-59(82)77-63(56)84/h10-11,16-18,20-26,28-29,39,45,53-54,56-57H,12-15,19,27,30-38,40-43H2,1-9H3,(H2,74,81)(H,75,83)(H,76,85)(H,77,82,84)/b44-39+/t45-,53+,54+,56?,57+/m1/s1. The van der Waals surface area contributed by atoms with E-state index < -0.39 is 115 Å². The second kappa shape index (κ2) is 33.1. The van der Waals surface area contributed by atoms with Crippen molar-refractivity contribution in [1.82, 2.24) is 25.1 Å². The summed E-state index contributed by atoms with van der Waals surface area (Å²) in [4.78, 5) is 119. The van der Waals surface area contributed by atoms with Gasteiger partial charge in [0, 0.05) is 64.4 Å². The Bertz CT molecular complexity index is 3840. The highest BCUT2D eigenvalue weighted by Crippen LogP contribution is 2.67. The van der Waals surface area contributed by atoms with E-state index in [9.17, 15) is 47.7 Å². The Kier molecular flexibility index (Phi) is 25.5. The number of nitrogens with two attached hydrogens (primary N) is 1. The maximum absolute atomic E-state index is 16.3. The Morgan fingerprint density at radius 2 is 1.37 bits per heavy atom. The van der Waals surface area contributed by atoms with Gasteiger partial charge in [0.25, 0.3) is 0 Å². The van der Waals surface area contributed by atoms with Crippen LogP contribution in [0, 0.1) is 10.8 Å². The number of carbonyl (C=O) groups excluding carboxylic acids is 8. The lowest BCUT2D eigenvalue weighted by Gasteiger charge is -2.31. The van der Waals surface area contributed by atoms with Crippen molar-refractivity contribution in [2.45, 2.75) is 175 Å². The maximum Gasteiger partial charge on any atom is 0.410 e. The normalized spacial score (nSPS) is 17.4. The van der Waals surface area contributed by atoms with Crippen LogP contribution < -0.4 is 32.3 Å². The molecule has 0 radical (unpaired) electrons. The van der Waals surface area contributed by atoms with Gasteiger partial charge in [-0.1, -0.05) is 78.9 Å². The van der Waals surface area contributed by atoms with Crippen LogP contribution in [0.2, 0.25) is 0 Å². The number of aromatic nitrogens is 2. The van der Waals surface area contributed by atoms with E-state index in [2.05, 4.69) is 16.0 Å². The number of nitrogens with one attached hydrogen (secondary N) is 3. The van der Waals surface area contributed by atoms with Crippen LogP contribution in [0.25, 0.3) is 16.6 Å². The molecule has 0 saturated carbocycles. The largest absolute Gasteiger partial charge is 0.438 e. The first-order valence-electron chi connectivity index (χ1n) is 33.0. The summed E-state index contributed by atoms with van der Waals surface area (Å²) in [5.41, 5.74) is 5.11. The summed E-state index contributed by atoms with van der Waals surface area (Å²) >= 11 is 0. The third kappa shape index (κ3) is 18.9. The van der Waals surface area contributed by atoms with Crippen molar-refractivity contribution in [1.29, 1.82) is 0 Å². The molecule has 0 aliphatic carbocycles. The van der Waals surface area contributed by atoms with Gasteiger partial charge in [-0.15, -0.1) is 0 Å². The van der Waals surface area contributed by atoms with Crippen LogP contribution >= 0.6 is 7.60 Å². The summed E-state index contributed by atoms with van der Waals surface area (Å²) in [5.74, 6) is -4.76. The SMILES string of the molecule is C/C(=C\C(=O)N[C@H]1CCc2cccc3c2N(C1=O)[C@H](C(=O)N[C@@H](CCC(N)=O)[C@@H](C)OCc1ccc(CCCOCCCOCCCc2cccc4c2n(C)c(=O)n4C2CCC(=O)NC2=O)cc1)C3)c1ccc(C(F)(F)P(=O)(OCOC(=O)C(C)(C)C)OCOC(=O)C(C)(C)C)cc1. The number of piperidine rings is 1. The van der Waals surface area contributed by atoms with E-state index in [1.165, 1.54) is 69.2 Å². The van der Waals surface area contributed by atoms with E-state index in [1.54, 1.807) is 25.5 Å². The average molecular weight is 1380 g/mol. The summed E-state index contributed by atoms with van der Waals surface area (Å²) in [7, 11) is -3.91. The average Bonchev–Trinajstić information content (AvgIpc) is 1.41. The number of rotatable bonds is 33. The molecule has 0 bridgehead atoms. The van der Waals surface area contributed by atoms with Gasteiger partial charge in [0.15, 0.2) is 0 Å². The fraction of sp³-hybridized carbons (Fsp3) is 0.507. The molecule has 3 aliphatic heterocycles. The van der Waals surface area contributed by atoms with Gasteiger partial charge in [-0.25, -0.2) is 4.79 Å². The Morgan fingerprint density at radius 1 is 0.765 bits per heavy atom. The number of imide groups is 1. The highest BCUT2D eigenvalue weighted by molar-refractivity contribution is 7.54. The summed E-state index contributed by atoms with van der Waals surface area (Å²) in [5, 5.41) is 8.20. The molecule has 4 heterocycles. The van der Waals surface area contributed by atoms with Crippen molar-refractivity contribution in [2.24, 2.45) is 23.6 Å². The molecule has 98 heavy (non-hydrogen) atoms. The number of ether oxygens (including phenoxy) is 5. The zero-order valence-electron chi connectivity index (χ0n) is 57.0. The Balaban J connectivity index is 0.792. The summed E-state index contributed by atoms with van der Waals surface area (Å²) in [6.07, 6.45) is 5.59. The van der Waals surface area contributed by atoms with Crippen LogP contribution in [0.3, 0.4) is 0 Å². The maximum atomic E-state index is 16.3. The fourth-order valence-electron chi connectivity index (χ4n) is 11.8. The number of aryl methyl sites for hydroxylation is 4. The van der Waals surface area contributed by atoms with Crippen LogP contribution in [0.15, 0.2) is 95.8 Å². The molecule has 5 N–H and O–H groups in total. The number of hydrogen-bond acceptors (Lipinski definition) is 17. The molecule has 1 unspecified atom stereocenters. The van der Waals surface area contributed by atoms with Gasteiger partial charge in [-0.3, -0.25) is 71.3 Å². The Hall–Kier alpha value is -8.26. The number of halogens is 2. The molecule has 1 fully saturated rings. The van der Waals surface area contributed by atoms with Crippen molar-refractivity contribution in [2.75, 3.05) is 44.9 Å². The number of fused-ring (bicyclic) bond motifs is 1. The van der Waals surface area contributed by atoms with Crippen molar-refractivity contribution < 1.29 is 84.4 Å². The molecule has 6 amide bonds. The smallest absolute Gasteiger partial charge is 0.410 e. The van der Waals surface area contributed by atoms with Crippen LogP contribution in [-0.4, -0.2) is 121 Å². The van der Waals surface area contributed by atoms with E-state index in [-0.39, 0.29) is 56.7 Å². The van der Waals surface area contributed by atoms with Crippen molar-refractivity contribution in [3.8, 4) is 0 Å². The Labute approximate surface area is 568 Å². The number of hydrogen-bond donors (Lipinski definition) is 4. The molecule has 8 rings (SSSR count). The second-order valence-corrected chi connectivity index (χ2v) is 29.0. The predicted molar refractivity (Wildman–Crippen MR) is 359 cm³/mol. The first-order valence-corrected chi connectivity index (χ1v) is 34.5. The summed E-state index contributed by atoms with van der Waals surface area (Å²) in [6.45, 7) is 12.4. The minimum atomic E-state index is -5.61. The van der Waals surface area contributed by atoms with E-state index in [4.69, 9.17) is 38.5 Å².